The van der Waals surface area contributed by atoms with Crippen LogP contribution in [-0.4, -0.2) is 58.2 Å². The maximum Gasteiger partial charge on any atom is 0.431 e. The number of likely N-dealkylation sites (N-methyl/N-ethyl adjacent to an activating group) is 1. The molecule has 15 heavy (non-hydrogen) atoms. The second-order valence-corrected chi connectivity index (χ2v) is 4.72. The van der Waals surface area contributed by atoms with Gasteiger partial charge >= 0.3 is 13.7 Å². The molecular formula is C6H14N2O6P+. The van der Waals surface area contributed by atoms with E-state index in [1.54, 1.807) is 7.05 Å². The summed E-state index contributed by atoms with van der Waals surface area (Å²) in [7, 11) is -2.74. The molecule has 0 aromatic carbocycles. The second-order valence-electron chi connectivity index (χ2n) is 3.03. The quantitative estimate of drug-likeness (QED) is 0.161. The first kappa shape index (κ1) is 14.1. The van der Waals surface area contributed by atoms with E-state index < -0.39 is 26.0 Å². The maximum absolute atomic E-state index is 10.7. The van der Waals surface area contributed by atoms with Crippen molar-refractivity contribution in [1.29, 1.82) is 0 Å². The van der Waals surface area contributed by atoms with Crippen molar-refractivity contribution < 1.29 is 33.7 Å². The fraction of sp³-hybridized carbons (Fsp3) is 0.667. The first-order valence-corrected chi connectivity index (χ1v) is 5.71. The Hall–Kier alpha value is -0.950. The van der Waals surface area contributed by atoms with Crippen LogP contribution in [0.2, 0.25) is 0 Å². The van der Waals surface area contributed by atoms with E-state index in [9.17, 15) is 9.36 Å². The average molecular weight is 241 g/mol. The molecule has 0 aromatic heterocycles. The summed E-state index contributed by atoms with van der Waals surface area (Å²) in [5.74, 6) is 0. The van der Waals surface area contributed by atoms with Crippen LogP contribution in [0.25, 0.3) is 0 Å². The van der Waals surface area contributed by atoms with Gasteiger partial charge in [0, 0.05) is 0 Å². The molecule has 1 unspecified atom stereocenters. The molecule has 0 aromatic rings. The molecule has 0 spiro atoms. The molecule has 9 heteroatoms. The first-order chi connectivity index (χ1) is 6.74. The molecule has 0 aliphatic rings. The van der Waals surface area contributed by atoms with Crippen LogP contribution in [0.3, 0.4) is 0 Å². The maximum atomic E-state index is 10.7. The van der Waals surface area contributed by atoms with E-state index in [4.69, 9.17) is 15.0 Å². The molecule has 4 N–H and O–H groups in total. The highest BCUT2D eigenvalue weighted by Gasteiger charge is 2.27. The highest BCUT2D eigenvalue weighted by Crippen LogP contribution is 2.35. The van der Waals surface area contributed by atoms with Gasteiger partial charge in [-0.15, -0.1) is 0 Å². The lowest BCUT2D eigenvalue weighted by Crippen LogP contribution is -2.34. The summed E-state index contributed by atoms with van der Waals surface area (Å²) in [6, 6.07) is 0. The van der Waals surface area contributed by atoms with Gasteiger partial charge in [-0.25, -0.2) is 14.9 Å². The summed E-state index contributed by atoms with van der Waals surface area (Å²) < 4.78 is 16.5. The van der Waals surface area contributed by atoms with Crippen molar-refractivity contribution in [1.82, 2.24) is 5.48 Å². The third kappa shape index (κ3) is 8.07. The van der Waals surface area contributed by atoms with E-state index in [0.717, 1.165) is 0 Å². The molecule has 0 fully saturated rings. The standard InChI is InChI=1S/C6H13N2O6P/c1-8(2)3-5(4-15(11,12)13)14-6(9)7-10/h5H,1,3-4H2,2H3,(H3-,7,9,10,11,12,13)/p+1. The highest BCUT2D eigenvalue weighted by molar-refractivity contribution is 7.51. The minimum absolute atomic E-state index is 0.0402. The lowest BCUT2D eigenvalue weighted by molar-refractivity contribution is -0.496. The summed E-state index contributed by atoms with van der Waals surface area (Å²) in [4.78, 5) is 28.0. The molecule has 0 aliphatic heterocycles. The van der Waals surface area contributed by atoms with Gasteiger partial charge in [0.15, 0.2) is 12.6 Å². The van der Waals surface area contributed by atoms with Crippen molar-refractivity contribution in [3.63, 3.8) is 0 Å². The Bertz CT molecular complexity index is 287. The fourth-order valence-corrected chi connectivity index (χ4v) is 1.64. The minimum Gasteiger partial charge on any atom is -0.437 e. The van der Waals surface area contributed by atoms with E-state index in [1.807, 2.05) is 0 Å². The molecule has 0 radical (unpaired) electrons. The van der Waals surface area contributed by atoms with Gasteiger partial charge in [0.2, 0.25) is 0 Å². The number of hydroxylamine groups is 1. The van der Waals surface area contributed by atoms with Gasteiger partial charge < -0.3 is 14.5 Å². The number of carbonyl (C=O) groups excluding carboxylic acids is 1. The van der Waals surface area contributed by atoms with Crippen molar-refractivity contribution in [2.45, 2.75) is 6.10 Å². The molecule has 0 saturated carbocycles. The number of ether oxygens (including phenoxy) is 1. The van der Waals surface area contributed by atoms with Gasteiger partial charge in [0.25, 0.3) is 0 Å². The largest absolute Gasteiger partial charge is 0.437 e. The normalized spacial score (nSPS) is 13.1. The molecule has 0 saturated heterocycles. The Kier molecular flexibility index (Phi) is 5.45. The van der Waals surface area contributed by atoms with Crippen LogP contribution in [-0.2, 0) is 9.30 Å². The lowest BCUT2D eigenvalue weighted by Gasteiger charge is -2.15. The number of nitrogens with zero attached hydrogens (tertiary/aromatic N) is 1. The van der Waals surface area contributed by atoms with Crippen LogP contribution >= 0.6 is 7.60 Å². The highest BCUT2D eigenvalue weighted by atomic mass is 31.2. The van der Waals surface area contributed by atoms with Gasteiger partial charge in [0.1, 0.15) is 13.8 Å². The van der Waals surface area contributed by atoms with Crippen molar-refractivity contribution in [3.05, 3.63) is 0 Å². The third-order valence-corrected chi connectivity index (χ3v) is 2.20. The van der Waals surface area contributed by atoms with Gasteiger partial charge in [-0.05, 0) is 0 Å². The van der Waals surface area contributed by atoms with Gasteiger partial charge in [-0.1, -0.05) is 0 Å². The molecule has 0 aliphatic carbocycles. The Morgan fingerprint density at radius 2 is 2.20 bits per heavy atom. The number of amides is 1. The Balaban J connectivity index is 4.38. The van der Waals surface area contributed by atoms with E-state index in [1.165, 1.54) is 10.1 Å². The number of rotatable bonds is 5. The molecule has 1 amide bonds. The van der Waals surface area contributed by atoms with Gasteiger partial charge in [0.05, 0.1) is 6.16 Å². The third-order valence-electron chi connectivity index (χ3n) is 1.32. The molecule has 1 atom stereocenters. The van der Waals surface area contributed by atoms with Crippen molar-refractivity contribution >= 4 is 20.4 Å². The first-order valence-electron chi connectivity index (χ1n) is 3.91. The Morgan fingerprint density at radius 1 is 1.67 bits per heavy atom. The number of hydrogen-bond acceptors (Lipinski definition) is 4. The van der Waals surface area contributed by atoms with E-state index in [0.29, 0.717) is 0 Å². The summed E-state index contributed by atoms with van der Waals surface area (Å²) >= 11 is 0. The minimum atomic E-state index is -4.29. The Morgan fingerprint density at radius 3 is 2.53 bits per heavy atom. The summed E-state index contributed by atoms with van der Waals surface area (Å²) in [6.45, 7) is 3.49. The van der Waals surface area contributed by atoms with Crippen LogP contribution < -0.4 is 5.48 Å². The summed E-state index contributed by atoms with van der Waals surface area (Å²) in [5, 5.41) is 8.17. The van der Waals surface area contributed by atoms with E-state index >= 15 is 0 Å². The zero-order valence-electron chi connectivity index (χ0n) is 8.16. The predicted octanol–water partition coefficient (Wildman–Crippen LogP) is -1.01. The van der Waals surface area contributed by atoms with Gasteiger partial charge in [-0.3, -0.25) is 9.77 Å². The van der Waals surface area contributed by atoms with Crippen LogP contribution in [0, 0.1) is 0 Å². The Labute approximate surface area is 86.3 Å². The van der Waals surface area contributed by atoms with Crippen LogP contribution in [0.15, 0.2) is 0 Å². The topological polar surface area (TPSA) is 119 Å². The molecule has 8 nitrogen and oxygen atoms in total. The number of hydrogen-bond donors (Lipinski definition) is 4. The van der Waals surface area contributed by atoms with Crippen molar-refractivity contribution in [2.75, 3.05) is 19.8 Å². The molecule has 0 rings (SSSR count). The van der Waals surface area contributed by atoms with Crippen molar-refractivity contribution in [2.24, 2.45) is 0 Å². The summed E-state index contributed by atoms with van der Waals surface area (Å²) in [6.07, 6.45) is -2.84. The van der Waals surface area contributed by atoms with Crippen LogP contribution in [0.4, 0.5) is 4.79 Å². The van der Waals surface area contributed by atoms with Crippen LogP contribution in [0.5, 0.6) is 0 Å². The second kappa shape index (κ2) is 5.82. The molecule has 0 heterocycles. The smallest absolute Gasteiger partial charge is 0.431 e. The monoisotopic (exact) mass is 241 g/mol. The van der Waals surface area contributed by atoms with E-state index in [-0.39, 0.29) is 6.54 Å². The fourth-order valence-electron chi connectivity index (χ4n) is 0.923. The molecular weight excluding hydrogens is 227 g/mol. The lowest BCUT2D eigenvalue weighted by atomic mass is 10.4. The zero-order valence-corrected chi connectivity index (χ0v) is 9.05. The summed E-state index contributed by atoms with van der Waals surface area (Å²) in [5.41, 5.74) is 1.20. The number of nitrogens with one attached hydrogen (secondary N) is 1. The van der Waals surface area contributed by atoms with E-state index in [2.05, 4.69) is 11.5 Å². The zero-order chi connectivity index (χ0) is 12.1. The van der Waals surface area contributed by atoms with Gasteiger partial charge in [-0.2, -0.15) is 0 Å². The van der Waals surface area contributed by atoms with Crippen LogP contribution in [0.1, 0.15) is 0 Å². The average Bonchev–Trinajstić information content (AvgIpc) is 1.99. The molecule has 88 valence electrons. The predicted molar refractivity (Wildman–Crippen MR) is 50.3 cm³/mol. The molecule has 0 bridgehead atoms. The number of carbonyl (C=O) groups is 1. The SMILES string of the molecule is C=[N+](C)CC(CP(=O)(O)O)OC(=O)NO. The van der Waals surface area contributed by atoms with Crippen molar-refractivity contribution in [3.8, 4) is 0 Å².